The lowest BCUT2D eigenvalue weighted by atomic mass is 9.89. The summed E-state index contributed by atoms with van der Waals surface area (Å²) in [6, 6.07) is 0.751. The van der Waals surface area contributed by atoms with Crippen LogP contribution in [0.25, 0.3) is 0 Å². The van der Waals surface area contributed by atoms with E-state index in [1.54, 1.807) is 0 Å². The average molecular weight is 212 g/mol. The molecule has 0 radical (unpaired) electrons. The van der Waals surface area contributed by atoms with Crippen LogP contribution in [0.3, 0.4) is 0 Å². The highest BCUT2D eigenvalue weighted by molar-refractivity contribution is 5.78. The van der Waals surface area contributed by atoms with Crippen LogP contribution in [-0.4, -0.2) is 35.7 Å². The molecule has 0 spiro atoms. The zero-order chi connectivity index (χ0) is 10.7. The van der Waals surface area contributed by atoms with Gasteiger partial charge in [0.25, 0.3) is 0 Å². The maximum absolute atomic E-state index is 11.5. The average Bonchev–Trinajstić information content (AvgIpc) is 2.63. The number of carbonyl (C=O) groups excluding carboxylic acids is 1. The second-order valence-corrected chi connectivity index (χ2v) is 4.75. The third-order valence-electron chi connectivity index (χ3n) is 3.38. The van der Waals surface area contributed by atoms with Crippen LogP contribution in [0.1, 0.15) is 38.5 Å². The fourth-order valence-electron chi connectivity index (χ4n) is 2.34. The Hall–Kier alpha value is -0.610. The molecule has 0 aliphatic heterocycles. The fourth-order valence-corrected chi connectivity index (χ4v) is 2.34. The number of hydrogen-bond donors (Lipinski definition) is 3. The van der Waals surface area contributed by atoms with Gasteiger partial charge in [-0.3, -0.25) is 4.79 Å². The van der Waals surface area contributed by atoms with Crippen LogP contribution in [0.4, 0.5) is 0 Å². The van der Waals surface area contributed by atoms with Crippen molar-refractivity contribution in [2.24, 2.45) is 0 Å². The lowest BCUT2D eigenvalue weighted by molar-refractivity contribution is -0.121. The van der Waals surface area contributed by atoms with Crippen molar-refractivity contribution in [2.45, 2.75) is 56.7 Å². The molecule has 4 nitrogen and oxygen atoms in total. The van der Waals surface area contributed by atoms with E-state index < -0.39 is 0 Å². The highest BCUT2D eigenvalue weighted by Gasteiger charge is 2.27. The molecule has 2 aliphatic rings. The Morgan fingerprint density at radius 3 is 2.47 bits per heavy atom. The van der Waals surface area contributed by atoms with Gasteiger partial charge < -0.3 is 15.7 Å². The molecule has 0 aromatic carbocycles. The summed E-state index contributed by atoms with van der Waals surface area (Å²) in [5, 5.41) is 15.3. The lowest BCUT2D eigenvalue weighted by Crippen LogP contribution is -2.48. The second-order valence-electron chi connectivity index (χ2n) is 4.75. The molecule has 0 bridgehead atoms. The first-order valence-electron chi connectivity index (χ1n) is 5.95. The Kier molecular flexibility index (Phi) is 3.59. The van der Waals surface area contributed by atoms with Crippen molar-refractivity contribution in [3.8, 4) is 0 Å². The molecule has 0 heterocycles. The molecule has 15 heavy (non-hydrogen) atoms. The van der Waals surface area contributed by atoms with Gasteiger partial charge in [-0.05, 0) is 25.7 Å². The van der Waals surface area contributed by atoms with E-state index in [1.165, 1.54) is 12.8 Å². The molecule has 4 heteroatoms. The van der Waals surface area contributed by atoms with Crippen LogP contribution >= 0.6 is 0 Å². The number of aliphatic hydroxyl groups excluding tert-OH is 1. The summed E-state index contributed by atoms with van der Waals surface area (Å²) in [4.78, 5) is 11.5. The Balaban J connectivity index is 1.56. The van der Waals surface area contributed by atoms with Crippen molar-refractivity contribution in [3.63, 3.8) is 0 Å². The topological polar surface area (TPSA) is 61.4 Å². The Labute approximate surface area is 90.4 Å². The van der Waals surface area contributed by atoms with E-state index in [0.717, 1.165) is 25.7 Å². The highest BCUT2D eigenvalue weighted by Crippen LogP contribution is 2.19. The van der Waals surface area contributed by atoms with Gasteiger partial charge in [-0.25, -0.2) is 0 Å². The van der Waals surface area contributed by atoms with Crippen molar-refractivity contribution < 1.29 is 9.90 Å². The van der Waals surface area contributed by atoms with Crippen LogP contribution in [0.5, 0.6) is 0 Å². The van der Waals surface area contributed by atoms with Gasteiger partial charge in [0.1, 0.15) is 0 Å². The smallest absolute Gasteiger partial charge is 0.234 e. The minimum absolute atomic E-state index is 0.100. The van der Waals surface area contributed by atoms with Gasteiger partial charge in [0.05, 0.1) is 12.6 Å². The monoisotopic (exact) mass is 212 g/mol. The minimum atomic E-state index is -0.152. The van der Waals surface area contributed by atoms with Crippen molar-refractivity contribution in [1.29, 1.82) is 0 Å². The first-order valence-corrected chi connectivity index (χ1v) is 5.95. The molecule has 2 fully saturated rings. The molecule has 2 aliphatic carbocycles. The van der Waals surface area contributed by atoms with E-state index in [0.29, 0.717) is 18.6 Å². The van der Waals surface area contributed by atoms with Gasteiger partial charge in [-0.1, -0.05) is 12.8 Å². The van der Waals surface area contributed by atoms with E-state index >= 15 is 0 Å². The standard InChI is InChI=1S/C11H20N2O2/c14-10-5-9(6-10)12-7-11(15)13-8-3-1-2-4-8/h8-10,12,14H,1-7H2,(H,13,15). The molecule has 2 saturated carbocycles. The van der Waals surface area contributed by atoms with Gasteiger partial charge in [-0.2, -0.15) is 0 Å². The van der Waals surface area contributed by atoms with Crippen molar-refractivity contribution in [3.05, 3.63) is 0 Å². The van der Waals surface area contributed by atoms with Crippen LogP contribution < -0.4 is 10.6 Å². The van der Waals surface area contributed by atoms with E-state index in [2.05, 4.69) is 10.6 Å². The number of amides is 1. The second kappa shape index (κ2) is 4.94. The third kappa shape index (κ3) is 3.18. The van der Waals surface area contributed by atoms with Crippen molar-refractivity contribution in [2.75, 3.05) is 6.54 Å². The maximum atomic E-state index is 11.5. The minimum Gasteiger partial charge on any atom is -0.393 e. The Morgan fingerprint density at radius 1 is 1.20 bits per heavy atom. The molecule has 0 unspecified atom stereocenters. The summed E-state index contributed by atoms with van der Waals surface area (Å²) in [7, 11) is 0. The Morgan fingerprint density at radius 2 is 1.87 bits per heavy atom. The van der Waals surface area contributed by atoms with Gasteiger partial charge in [0.15, 0.2) is 0 Å². The van der Waals surface area contributed by atoms with Crippen molar-refractivity contribution in [1.82, 2.24) is 10.6 Å². The lowest BCUT2D eigenvalue weighted by Gasteiger charge is -2.32. The number of aliphatic hydroxyl groups is 1. The van der Waals surface area contributed by atoms with Crippen molar-refractivity contribution >= 4 is 5.91 Å². The zero-order valence-electron chi connectivity index (χ0n) is 9.04. The van der Waals surface area contributed by atoms with Gasteiger partial charge in [-0.15, -0.1) is 0 Å². The molecule has 0 atom stereocenters. The predicted molar refractivity (Wildman–Crippen MR) is 57.4 cm³/mol. The quantitative estimate of drug-likeness (QED) is 0.622. The fraction of sp³-hybridized carbons (Fsp3) is 0.909. The molecule has 0 aromatic heterocycles. The van der Waals surface area contributed by atoms with Crippen LogP contribution in [0.2, 0.25) is 0 Å². The first kappa shape index (κ1) is 10.9. The number of rotatable bonds is 4. The van der Waals surface area contributed by atoms with Crippen LogP contribution in [-0.2, 0) is 4.79 Å². The molecule has 2 rings (SSSR count). The maximum Gasteiger partial charge on any atom is 0.234 e. The number of carbonyl (C=O) groups is 1. The summed E-state index contributed by atoms with van der Waals surface area (Å²) >= 11 is 0. The molecule has 0 aromatic rings. The highest BCUT2D eigenvalue weighted by atomic mass is 16.3. The van der Waals surface area contributed by atoms with Crippen LogP contribution in [0.15, 0.2) is 0 Å². The van der Waals surface area contributed by atoms with Gasteiger partial charge >= 0.3 is 0 Å². The zero-order valence-corrected chi connectivity index (χ0v) is 9.04. The van der Waals surface area contributed by atoms with E-state index in [9.17, 15) is 4.79 Å². The normalized spacial score (nSPS) is 31.3. The van der Waals surface area contributed by atoms with Gasteiger partial charge in [0.2, 0.25) is 5.91 Å². The van der Waals surface area contributed by atoms with E-state index in [1.807, 2.05) is 0 Å². The van der Waals surface area contributed by atoms with Crippen LogP contribution in [0, 0.1) is 0 Å². The summed E-state index contributed by atoms with van der Waals surface area (Å²) < 4.78 is 0. The third-order valence-corrected chi connectivity index (χ3v) is 3.38. The molecule has 86 valence electrons. The summed E-state index contributed by atoms with van der Waals surface area (Å²) in [6.45, 7) is 0.397. The molecule has 0 saturated heterocycles. The van der Waals surface area contributed by atoms with Gasteiger partial charge in [0, 0.05) is 12.1 Å². The summed E-state index contributed by atoms with van der Waals surface area (Å²) in [6.07, 6.45) is 6.18. The predicted octanol–water partition coefficient (Wildman–Crippen LogP) is 0.158. The molecule has 1 amide bonds. The number of nitrogens with one attached hydrogen (secondary N) is 2. The molecule has 3 N–H and O–H groups in total. The summed E-state index contributed by atoms with van der Waals surface area (Å²) in [5.41, 5.74) is 0. The largest absolute Gasteiger partial charge is 0.393 e. The molecular formula is C11H20N2O2. The first-order chi connectivity index (χ1) is 7.24. The SMILES string of the molecule is O=C(CNC1CC(O)C1)NC1CCCC1. The Bertz CT molecular complexity index is 221. The van der Waals surface area contributed by atoms with E-state index in [4.69, 9.17) is 5.11 Å². The summed E-state index contributed by atoms with van der Waals surface area (Å²) in [5.74, 6) is 0.100. The van der Waals surface area contributed by atoms with E-state index in [-0.39, 0.29) is 12.0 Å². The number of hydrogen-bond acceptors (Lipinski definition) is 3. The molecular weight excluding hydrogens is 192 g/mol.